The van der Waals surface area contributed by atoms with Crippen LogP contribution in [0.4, 0.5) is 105 Å². The van der Waals surface area contributed by atoms with Crippen LogP contribution in [0, 0.1) is 0 Å². The van der Waals surface area contributed by atoms with Gasteiger partial charge in [0.1, 0.15) is 0 Å². The van der Waals surface area contributed by atoms with Crippen molar-refractivity contribution >= 4 is 0 Å². The lowest BCUT2D eigenvalue weighted by Crippen LogP contribution is -2.79. The van der Waals surface area contributed by atoms with E-state index in [4.69, 9.17) is 0 Å². The van der Waals surface area contributed by atoms with Gasteiger partial charge in [0.05, 0.1) is 0 Å². The van der Waals surface area contributed by atoms with Crippen LogP contribution in [-0.2, 0) is 4.74 Å². The molecule has 0 bridgehead atoms. The largest absolute Gasteiger partial charge is 0.460 e. The number of ether oxygens (including phenoxy) is 1. The molecule has 0 saturated carbocycles. The number of halogens is 24. The average molecular weight is 604 g/mol. The van der Waals surface area contributed by atoms with E-state index in [1.807, 2.05) is 0 Å². The van der Waals surface area contributed by atoms with Crippen molar-refractivity contribution in [3.05, 3.63) is 0 Å². The van der Waals surface area contributed by atoms with E-state index >= 15 is 0 Å². The van der Waals surface area contributed by atoms with E-state index in [1.54, 1.807) is 0 Å². The molecular formula is C11F24O. The molecule has 1 nitrogen and oxygen atoms in total. The summed E-state index contributed by atoms with van der Waals surface area (Å²) in [7, 11) is 0. The van der Waals surface area contributed by atoms with Crippen molar-refractivity contribution in [3.8, 4) is 0 Å². The minimum absolute atomic E-state index is 0.716. The van der Waals surface area contributed by atoms with Crippen LogP contribution in [0.15, 0.2) is 0 Å². The maximum atomic E-state index is 13.5. The van der Waals surface area contributed by atoms with Crippen LogP contribution in [-0.4, -0.2) is 66.0 Å². The first-order chi connectivity index (χ1) is 15.0. The summed E-state index contributed by atoms with van der Waals surface area (Å²) in [5.74, 6) is -44.8. The fourth-order valence-corrected chi connectivity index (χ4v) is 1.91. The molecule has 0 radical (unpaired) electrons. The van der Waals surface area contributed by atoms with E-state index in [-0.39, 0.29) is 0 Å². The fraction of sp³-hybridized carbons (Fsp3) is 1.00. The summed E-state index contributed by atoms with van der Waals surface area (Å²) < 4.78 is 307. The van der Waals surface area contributed by atoms with Gasteiger partial charge in [0.2, 0.25) is 0 Å². The van der Waals surface area contributed by atoms with Crippen molar-refractivity contribution in [3.63, 3.8) is 0 Å². The molecule has 0 aliphatic rings. The van der Waals surface area contributed by atoms with Crippen molar-refractivity contribution in [2.75, 3.05) is 0 Å². The van der Waals surface area contributed by atoms with Gasteiger partial charge in [0.15, 0.2) is 0 Å². The highest BCUT2D eigenvalue weighted by molar-refractivity contribution is 5.15. The van der Waals surface area contributed by atoms with E-state index in [0.29, 0.717) is 4.74 Å². The van der Waals surface area contributed by atoms with Crippen LogP contribution in [0.2, 0.25) is 0 Å². The predicted octanol–water partition coefficient (Wildman–Crippen LogP) is 7.76. The van der Waals surface area contributed by atoms with Crippen LogP contribution >= 0.6 is 0 Å². The summed E-state index contributed by atoms with van der Waals surface area (Å²) >= 11 is 0. The van der Waals surface area contributed by atoms with Crippen molar-refractivity contribution in [1.29, 1.82) is 0 Å². The summed E-state index contributed by atoms with van der Waals surface area (Å²) in [5.41, 5.74) is -9.32. The Balaban J connectivity index is 7.61. The van der Waals surface area contributed by atoms with Crippen molar-refractivity contribution in [2.45, 2.75) is 66.0 Å². The van der Waals surface area contributed by atoms with Crippen molar-refractivity contribution < 1.29 is 110 Å². The Morgan fingerprint density at radius 2 is 0.500 bits per heavy atom. The normalized spacial score (nSPS) is 17.0. The third-order valence-corrected chi connectivity index (χ3v) is 3.78. The van der Waals surface area contributed by atoms with E-state index in [2.05, 4.69) is 0 Å². The molecule has 0 fully saturated rings. The summed E-state index contributed by atoms with van der Waals surface area (Å²) in [6, 6.07) is 0. The van der Waals surface area contributed by atoms with E-state index in [0.717, 1.165) is 0 Å². The first-order valence-corrected chi connectivity index (χ1v) is 7.19. The molecule has 0 spiro atoms. The standard InChI is InChI=1S/C11F24O/c12-2(13,4(16,17)9(28,29)30)1(7(22,23)24,8(25,26)27)36-11(34,35)6(20,21)3(14,15)5(18,19)10(31,32)33. The van der Waals surface area contributed by atoms with E-state index in [9.17, 15) is 105 Å². The second kappa shape index (κ2) is 8.14. The van der Waals surface area contributed by atoms with Crippen LogP contribution in [0.3, 0.4) is 0 Å². The average Bonchev–Trinajstić information content (AvgIpc) is 2.54. The molecule has 0 heterocycles. The molecule has 0 rings (SSSR count). The van der Waals surface area contributed by atoms with Crippen LogP contribution in [0.25, 0.3) is 0 Å². The first-order valence-electron chi connectivity index (χ1n) is 7.19. The van der Waals surface area contributed by atoms with Gasteiger partial charge in [-0.1, -0.05) is 0 Å². The molecular weight excluding hydrogens is 604 g/mol. The molecule has 218 valence electrons. The zero-order chi connectivity index (χ0) is 30.2. The Hall–Kier alpha value is -1.72. The second-order valence-corrected chi connectivity index (χ2v) is 6.16. The topological polar surface area (TPSA) is 9.23 Å². The lowest BCUT2D eigenvalue weighted by Gasteiger charge is -2.47. The van der Waals surface area contributed by atoms with Gasteiger partial charge in [-0.3, -0.25) is 4.74 Å². The third-order valence-electron chi connectivity index (χ3n) is 3.78. The minimum atomic E-state index is -9.32. The van der Waals surface area contributed by atoms with Crippen molar-refractivity contribution in [2.24, 2.45) is 0 Å². The summed E-state index contributed by atoms with van der Waals surface area (Å²) in [4.78, 5) is 0. The Morgan fingerprint density at radius 1 is 0.250 bits per heavy atom. The zero-order valence-electron chi connectivity index (χ0n) is 15.0. The predicted molar refractivity (Wildman–Crippen MR) is 57.7 cm³/mol. The number of alkyl halides is 24. The Kier molecular flexibility index (Phi) is 7.75. The molecule has 25 heteroatoms. The lowest BCUT2D eigenvalue weighted by atomic mass is 9.87. The molecule has 0 atom stereocenters. The summed E-state index contributed by atoms with van der Waals surface area (Å²) in [6.07, 6.45) is -43.4. The smallest absolute Gasteiger partial charge is 0.284 e. The van der Waals surface area contributed by atoms with Gasteiger partial charge in [-0.05, 0) is 0 Å². The van der Waals surface area contributed by atoms with Gasteiger partial charge < -0.3 is 0 Å². The molecule has 0 aromatic heterocycles. The maximum Gasteiger partial charge on any atom is 0.460 e. The molecule has 0 amide bonds. The highest BCUT2D eigenvalue weighted by atomic mass is 19.4. The second-order valence-electron chi connectivity index (χ2n) is 6.16. The number of rotatable bonds is 7. The van der Waals surface area contributed by atoms with Gasteiger partial charge in [-0.25, -0.2) is 0 Å². The van der Waals surface area contributed by atoms with Crippen LogP contribution in [0.5, 0.6) is 0 Å². The van der Waals surface area contributed by atoms with E-state index < -0.39 is 66.0 Å². The number of hydrogen-bond acceptors (Lipinski definition) is 1. The van der Waals surface area contributed by atoms with Gasteiger partial charge in [-0.15, -0.1) is 0 Å². The molecule has 0 N–H and O–H groups in total. The highest BCUT2D eigenvalue weighted by Crippen LogP contribution is 2.65. The first kappa shape index (κ1) is 34.3. The molecule has 0 aromatic carbocycles. The molecule has 0 unspecified atom stereocenters. The Morgan fingerprint density at radius 3 is 0.722 bits per heavy atom. The van der Waals surface area contributed by atoms with Crippen molar-refractivity contribution in [1.82, 2.24) is 0 Å². The highest BCUT2D eigenvalue weighted by Gasteiger charge is 2.97. The van der Waals surface area contributed by atoms with Gasteiger partial charge in [0, 0.05) is 0 Å². The Labute approximate surface area is 177 Å². The van der Waals surface area contributed by atoms with E-state index in [1.165, 1.54) is 0 Å². The molecule has 36 heavy (non-hydrogen) atoms. The number of hydrogen-bond donors (Lipinski definition) is 0. The molecule has 0 aromatic rings. The van der Waals surface area contributed by atoms with Crippen LogP contribution < -0.4 is 0 Å². The molecule has 0 aliphatic carbocycles. The summed E-state index contributed by atoms with van der Waals surface area (Å²) in [6.45, 7) is 0. The third kappa shape index (κ3) is 4.34. The van der Waals surface area contributed by atoms with Gasteiger partial charge >= 0.3 is 66.0 Å². The van der Waals surface area contributed by atoms with Gasteiger partial charge in [0.25, 0.3) is 0 Å². The molecule has 0 aliphatic heterocycles. The maximum absolute atomic E-state index is 13.5. The lowest BCUT2D eigenvalue weighted by molar-refractivity contribution is -0.543. The van der Waals surface area contributed by atoms with Crippen LogP contribution in [0.1, 0.15) is 0 Å². The monoisotopic (exact) mass is 604 g/mol. The summed E-state index contributed by atoms with van der Waals surface area (Å²) in [5, 5.41) is 0. The molecule has 0 saturated heterocycles. The minimum Gasteiger partial charge on any atom is -0.284 e. The van der Waals surface area contributed by atoms with Gasteiger partial charge in [-0.2, -0.15) is 105 Å². The Bertz CT molecular complexity index is 773. The zero-order valence-corrected chi connectivity index (χ0v) is 15.0. The fourth-order valence-electron chi connectivity index (χ4n) is 1.91. The SMILES string of the molecule is FC(F)(F)C(F)(F)C(F)(F)C(F)(F)C(F)(F)OC(C(F)(F)F)(C(F)(F)F)C(F)(F)C(F)(F)C(F)(F)F. The quantitative estimate of drug-likeness (QED) is 0.270.